The van der Waals surface area contributed by atoms with E-state index in [1.165, 1.54) is 26.9 Å². The Bertz CT molecular complexity index is 834. The molecule has 1 N–H and O–H groups in total. The molecule has 0 unspecified atom stereocenters. The van der Waals surface area contributed by atoms with Crippen LogP contribution in [0.3, 0.4) is 0 Å². The molecule has 2 aliphatic rings. The first kappa shape index (κ1) is 15.3. The monoisotopic (exact) mass is 378 g/mol. The standard InChI is InChI=1S/C21H19BrN2/c22-19-11-10-17(20-9-5-2-6-13-23-20)18-12-14-24(21(18)19)15-16-7-3-1-4-8-16/h1-11,13,23H,12,14-15H2. The average molecular weight is 379 g/mol. The van der Waals surface area contributed by atoms with E-state index in [-0.39, 0.29) is 0 Å². The number of nitrogens with one attached hydrogen (secondary N) is 1. The van der Waals surface area contributed by atoms with Crippen molar-refractivity contribution in [2.75, 3.05) is 11.4 Å². The summed E-state index contributed by atoms with van der Waals surface area (Å²) in [6.45, 7) is 2.00. The molecule has 3 heteroatoms. The minimum absolute atomic E-state index is 0.947. The molecule has 0 amide bonds. The van der Waals surface area contributed by atoms with Crippen LogP contribution in [-0.4, -0.2) is 6.54 Å². The van der Waals surface area contributed by atoms with Crippen molar-refractivity contribution in [3.05, 3.63) is 94.1 Å². The minimum atomic E-state index is 0.947. The van der Waals surface area contributed by atoms with E-state index in [9.17, 15) is 0 Å². The van der Waals surface area contributed by atoms with Crippen molar-refractivity contribution in [2.24, 2.45) is 0 Å². The van der Waals surface area contributed by atoms with E-state index >= 15 is 0 Å². The number of allylic oxidation sites excluding steroid dienone is 4. The molecule has 0 saturated heterocycles. The van der Waals surface area contributed by atoms with Crippen LogP contribution in [0.15, 0.2) is 77.4 Å². The largest absolute Gasteiger partial charge is 0.366 e. The van der Waals surface area contributed by atoms with Crippen LogP contribution >= 0.6 is 15.9 Å². The van der Waals surface area contributed by atoms with Crippen molar-refractivity contribution < 1.29 is 0 Å². The molecule has 0 aromatic heterocycles. The fourth-order valence-electron chi connectivity index (χ4n) is 3.40. The lowest BCUT2D eigenvalue weighted by atomic mass is 10.0. The molecular formula is C21H19BrN2. The molecule has 120 valence electrons. The van der Waals surface area contributed by atoms with Gasteiger partial charge in [-0.05, 0) is 51.7 Å². The molecule has 0 atom stereocenters. The van der Waals surface area contributed by atoms with E-state index in [4.69, 9.17) is 0 Å². The maximum atomic E-state index is 3.77. The zero-order chi connectivity index (χ0) is 16.4. The first-order valence-electron chi connectivity index (χ1n) is 8.23. The van der Waals surface area contributed by atoms with E-state index < -0.39 is 0 Å². The third-order valence-corrected chi connectivity index (χ3v) is 5.15. The average Bonchev–Trinajstić information content (AvgIpc) is 2.84. The first-order chi connectivity index (χ1) is 11.8. The highest BCUT2D eigenvalue weighted by Gasteiger charge is 2.25. The van der Waals surface area contributed by atoms with Gasteiger partial charge >= 0.3 is 0 Å². The number of rotatable bonds is 3. The lowest BCUT2D eigenvalue weighted by molar-refractivity contribution is 0.834. The van der Waals surface area contributed by atoms with Crippen LogP contribution in [0, 0.1) is 0 Å². The SMILES string of the molecule is Brc1ccc(C2=CC=CC=CN2)c2c1N(Cc1ccccc1)CC2. The molecule has 2 heterocycles. The van der Waals surface area contributed by atoms with Gasteiger partial charge in [0.2, 0.25) is 0 Å². The third-order valence-electron chi connectivity index (χ3n) is 4.51. The van der Waals surface area contributed by atoms with Gasteiger partial charge in [-0.2, -0.15) is 0 Å². The Morgan fingerprint density at radius 1 is 1.00 bits per heavy atom. The smallest absolute Gasteiger partial charge is 0.0553 e. The minimum Gasteiger partial charge on any atom is -0.366 e. The van der Waals surface area contributed by atoms with Gasteiger partial charge in [0.1, 0.15) is 0 Å². The second kappa shape index (κ2) is 6.70. The Balaban J connectivity index is 1.71. The van der Waals surface area contributed by atoms with Gasteiger partial charge in [0.15, 0.2) is 0 Å². The molecular weight excluding hydrogens is 360 g/mol. The topological polar surface area (TPSA) is 15.3 Å². The summed E-state index contributed by atoms with van der Waals surface area (Å²) in [5.74, 6) is 0. The lowest BCUT2D eigenvalue weighted by Gasteiger charge is -2.22. The molecule has 2 nitrogen and oxygen atoms in total. The summed E-state index contributed by atoms with van der Waals surface area (Å²) in [5.41, 5.74) is 6.55. The van der Waals surface area contributed by atoms with Crippen molar-refractivity contribution in [3.63, 3.8) is 0 Å². The molecule has 2 aromatic rings. The van der Waals surface area contributed by atoms with Crippen LogP contribution in [0.5, 0.6) is 0 Å². The second-order valence-corrected chi connectivity index (χ2v) is 6.90. The van der Waals surface area contributed by atoms with Crippen LogP contribution in [0.2, 0.25) is 0 Å². The van der Waals surface area contributed by atoms with Gasteiger partial charge in [0.05, 0.1) is 5.69 Å². The van der Waals surface area contributed by atoms with Gasteiger partial charge in [0, 0.05) is 35.0 Å². The molecule has 0 saturated carbocycles. The predicted molar refractivity (Wildman–Crippen MR) is 105 cm³/mol. The Morgan fingerprint density at radius 3 is 2.75 bits per heavy atom. The summed E-state index contributed by atoms with van der Waals surface area (Å²) >= 11 is 3.77. The van der Waals surface area contributed by atoms with Crippen molar-refractivity contribution >= 4 is 27.3 Å². The Morgan fingerprint density at radius 2 is 1.88 bits per heavy atom. The Labute approximate surface area is 151 Å². The molecule has 2 aromatic carbocycles. The van der Waals surface area contributed by atoms with Gasteiger partial charge in [-0.25, -0.2) is 0 Å². The van der Waals surface area contributed by atoms with Gasteiger partial charge in [-0.1, -0.05) is 48.6 Å². The molecule has 2 aliphatic heterocycles. The molecule has 24 heavy (non-hydrogen) atoms. The maximum absolute atomic E-state index is 3.77. The number of anilines is 1. The number of nitrogens with zero attached hydrogens (tertiary/aromatic N) is 1. The molecule has 4 rings (SSSR count). The normalized spacial score (nSPS) is 15.7. The Hall–Kier alpha value is -2.26. The van der Waals surface area contributed by atoms with Crippen LogP contribution in [0.4, 0.5) is 5.69 Å². The van der Waals surface area contributed by atoms with Crippen molar-refractivity contribution in [3.8, 4) is 0 Å². The summed E-state index contributed by atoms with van der Waals surface area (Å²) in [7, 11) is 0. The first-order valence-corrected chi connectivity index (χ1v) is 9.03. The van der Waals surface area contributed by atoms with Crippen LogP contribution in [0.25, 0.3) is 5.70 Å². The van der Waals surface area contributed by atoms with Gasteiger partial charge in [-0.15, -0.1) is 0 Å². The Kier molecular flexibility index (Phi) is 4.26. The highest BCUT2D eigenvalue weighted by Crippen LogP contribution is 2.40. The summed E-state index contributed by atoms with van der Waals surface area (Å²) in [5, 5.41) is 3.40. The van der Waals surface area contributed by atoms with E-state index in [2.05, 4.69) is 80.8 Å². The molecule has 0 aliphatic carbocycles. The number of hydrogen-bond acceptors (Lipinski definition) is 2. The maximum Gasteiger partial charge on any atom is 0.0553 e. The third kappa shape index (κ3) is 2.92. The van der Waals surface area contributed by atoms with E-state index in [0.717, 1.165) is 25.2 Å². The lowest BCUT2D eigenvalue weighted by Crippen LogP contribution is -2.19. The zero-order valence-corrected chi connectivity index (χ0v) is 15.0. The summed E-state index contributed by atoms with van der Waals surface area (Å²) in [4.78, 5) is 2.47. The number of benzene rings is 2. The van der Waals surface area contributed by atoms with E-state index in [1.54, 1.807) is 0 Å². The number of hydrogen-bond donors (Lipinski definition) is 1. The van der Waals surface area contributed by atoms with E-state index in [0.29, 0.717) is 0 Å². The van der Waals surface area contributed by atoms with Gasteiger partial charge in [0.25, 0.3) is 0 Å². The summed E-state index contributed by atoms with van der Waals surface area (Å²) < 4.78 is 1.18. The highest BCUT2D eigenvalue weighted by atomic mass is 79.9. The molecule has 0 spiro atoms. The molecule has 0 bridgehead atoms. The van der Waals surface area contributed by atoms with Crippen LogP contribution < -0.4 is 10.2 Å². The van der Waals surface area contributed by atoms with Crippen LogP contribution in [0.1, 0.15) is 16.7 Å². The van der Waals surface area contributed by atoms with Gasteiger partial charge in [-0.3, -0.25) is 0 Å². The quantitative estimate of drug-likeness (QED) is 0.805. The zero-order valence-electron chi connectivity index (χ0n) is 13.4. The van der Waals surface area contributed by atoms with Crippen LogP contribution in [-0.2, 0) is 13.0 Å². The highest BCUT2D eigenvalue weighted by molar-refractivity contribution is 9.10. The van der Waals surface area contributed by atoms with E-state index in [1.807, 2.05) is 18.4 Å². The van der Waals surface area contributed by atoms with Crippen molar-refractivity contribution in [1.29, 1.82) is 0 Å². The number of fused-ring (bicyclic) bond motifs is 1. The van der Waals surface area contributed by atoms with Crippen molar-refractivity contribution in [1.82, 2.24) is 5.32 Å². The molecule has 0 fully saturated rings. The summed E-state index contributed by atoms with van der Waals surface area (Å²) in [6.07, 6.45) is 11.3. The fourth-order valence-corrected chi connectivity index (χ4v) is 4.02. The van der Waals surface area contributed by atoms with Gasteiger partial charge < -0.3 is 10.2 Å². The molecule has 0 radical (unpaired) electrons. The summed E-state index contributed by atoms with van der Waals surface area (Å²) in [6, 6.07) is 15.1. The van der Waals surface area contributed by atoms with Crippen molar-refractivity contribution in [2.45, 2.75) is 13.0 Å². The fraction of sp³-hybridized carbons (Fsp3) is 0.143. The second-order valence-electron chi connectivity index (χ2n) is 6.05. The number of halogens is 1. The predicted octanol–water partition coefficient (Wildman–Crippen LogP) is 5.03.